The lowest BCUT2D eigenvalue weighted by atomic mass is 10.0. The van der Waals surface area contributed by atoms with E-state index >= 15 is 0 Å². The first-order chi connectivity index (χ1) is 15.6. The third-order valence-electron chi connectivity index (χ3n) is 5.63. The summed E-state index contributed by atoms with van der Waals surface area (Å²) in [5.74, 6) is -0.231. The molecule has 5 nitrogen and oxygen atoms in total. The highest BCUT2D eigenvalue weighted by Gasteiger charge is 2.33. The van der Waals surface area contributed by atoms with Gasteiger partial charge in [0.05, 0.1) is 6.04 Å². The number of nitrogens with zero attached hydrogens (tertiary/aromatic N) is 2. The minimum absolute atomic E-state index is 0.000162. The van der Waals surface area contributed by atoms with E-state index in [1.54, 1.807) is 45.4 Å². The predicted molar refractivity (Wildman–Crippen MR) is 122 cm³/mol. The minimum atomic E-state index is -0.367. The zero-order valence-electron chi connectivity index (χ0n) is 17.9. The van der Waals surface area contributed by atoms with Crippen LogP contribution in [-0.2, 0) is 11.2 Å². The van der Waals surface area contributed by atoms with E-state index in [1.807, 2.05) is 36.6 Å². The number of hydrogen-bond acceptors (Lipinski definition) is 4. The fourth-order valence-corrected chi connectivity index (χ4v) is 4.88. The molecule has 0 spiro atoms. The van der Waals surface area contributed by atoms with Crippen LogP contribution in [0.15, 0.2) is 66.0 Å². The molecule has 32 heavy (non-hydrogen) atoms. The van der Waals surface area contributed by atoms with Crippen LogP contribution < -0.4 is 4.74 Å². The molecule has 0 N–H and O–H groups in total. The van der Waals surface area contributed by atoms with Gasteiger partial charge in [0, 0.05) is 29.6 Å². The van der Waals surface area contributed by atoms with Crippen molar-refractivity contribution in [3.8, 4) is 5.75 Å². The van der Waals surface area contributed by atoms with Crippen molar-refractivity contribution in [3.05, 3.63) is 87.9 Å². The minimum Gasteiger partial charge on any atom is -0.491 e. The molecule has 2 aromatic carbocycles. The van der Waals surface area contributed by atoms with Crippen LogP contribution in [0.3, 0.4) is 0 Å². The molecule has 0 unspecified atom stereocenters. The van der Waals surface area contributed by atoms with Crippen LogP contribution >= 0.6 is 11.3 Å². The zero-order chi connectivity index (χ0) is 22.5. The fraction of sp³-hybridized carbons (Fsp3) is 0.280. The molecule has 0 saturated carbocycles. The molecule has 2 amide bonds. The molecule has 0 saturated heterocycles. The number of carbonyl (C=O) groups is 2. The Bertz CT molecular complexity index is 1090. The maximum atomic E-state index is 13.5. The SMILES string of the molecule is CCN(CC(=O)N1CCc2sccc2[C@H]1COc1cccc(F)c1)C(=O)c1ccccc1. The second-order valence-corrected chi connectivity index (χ2v) is 8.61. The molecule has 0 fully saturated rings. The Labute approximate surface area is 191 Å². The van der Waals surface area contributed by atoms with Crippen molar-refractivity contribution in [2.75, 3.05) is 26.2 Å². The maximum Gasteiger partial charge on any atom is 0.254 e. The van der Waals surface area contributed by atoms with E-state index in [0.717, 1.165) is 12.0 Å². The van der Waals surface area contributed by atoms with E-state index in [2.05, 4.69) is 0 Å². The van der Waals surface area contributed by atoms with Gasteiger partial charge in [-0.15, -0.1) is 11.3 Å². The van der Waals surface area contributed by atoms with E-state index in [1.165, 1.54) is 17.0 Å². The smallest absolute Gasteiger partial charge is 0.254 e. The summed E-state index contributed by atoms with van der Waals surface area (Å²) >= 11 is 1.67. The van der Waals surface area contributed by atoms with Crippen molar-refractivity contribution in [1.82, 2.24) is 9.80 Å². The van der Waals surface area contributed by atoms with Gasteiger partial charge in [0.1, 0.15) is 24.7 Å². The number of carbonyl (C=O) groups excluding carboxylic acids is 2. The number of halogens is 1. The zero-order valence-corrected chi connectivity index (χ0v) is 18.7. The van der Waals surface area contributed by atoms with Gasteiger partial charge in [-0.25, -0.2) is 4.39 Å². The Kier molecular flexibility index (Phi) is 6.85. The van der Waals surface area contributed by atoms with E-state index < -0.39 is 0 Å². The third-order valence-corrected chi connectivity index (χ3v) is 6.63. The first-order valence-electron chi connectivity index (χ1n) is 10.6. The number of fused-ring (bicyclic) bond motifs is 1. The summed E-state index contributed by atoms with van der Waals surface area (Å²) in [7, 11) is 0. The van der Waals surface area contributed by atoms with Crippen LogP contribution in [-0.4, -0.2) is 47.9 Å². The van der Waals surface area contributed by atoms with E-state index in [4.69, 9.17) is 4.74 Å². The quantitative estimate of drug-likeness (QED) is 0.528. The van der Waals surface area contributed by atoms with Crippen molar-refractivity contribution < 1.29 is 18.7 Å². The monoisotopic (exact) mass is 452 g/mol. The van der Waals surface area contributed by atoms with Crippen LogP contribution in [0, 0.1) is 5.82 Å². The molecule has 4 rings (SSSR count). The Morgan fingerprint density at radius 2 is 1.97 bits per heavy atom. The summed E-state index contributed by atoms with van der Waals surface area (Å²) in [5.41, 5.74) is 1.62. The topological polar surface area (TPSA) is 49.9 Å². The molecule has 1 aliphatic rings. The molecule has 0 bridgehead atoms. The van der Waals surface area contributed by atoms with Gasteiger partial charge in [-0.05, 0) is 54.6 Å². The lowest BCUT2D eigenvalue weighted by molar-refractivity contribution is -0.135. The van der Waals surface area contributed by atoms with Gasteiger partial charge < -0.3 is 14.5 Å². The largest absolute Gasteiger partial charge is 0.491 e. The first-order valence-corrected chi connectivity index (χ1v) is 11.5. The summed E-state index contributed by atoms with van der Waals surface area (Å²) in [6, 6.07) is 16.7. The Morgan fingerprint density at radius 3 is 2.72 bits per heavy atom. The van der Waals surface area contributed by atoms with E-state index in [-0.39, 0.29) is 36.8 Å². The highest BCUT2D eigenvalue weighted by molar-refractivity contribution is 7.10. The summed E-state index contributed by atoms with van der Waals surface area (Å²) in [5, 5.41) is 2.02. The lowest BCUT2D eigenvalue weighted by Gasteiger charge is -2.37. The number of amides is 2. The average Bonchev–Trinajstić information content (AvgIpc) is 3.30. The van der Waals surface area contributed by atoms with Gasteiger partial charge in [-0.1, -0.05) is 24.3 Å². The number of benzene rings is 2. The van der Waals surface area contributed by atoms with Crippen LogP contribution in [0.4, 0.5) is 4.39 Å². The molecule has 1 aliphatic heterocycles. The third kappa shape index (κ3) is 4.83. The van der Waals surface area contributed by atoms with E-state index in [9.17, 15) is 14.0 Å². The average molecular weight is 453 g/mol. The predicted octanol–water partition coefficient (Wildman–Crippen LogP) is 4.55. The molecule has 7 heteroatoms. The van der Waals surface area contributed by atoms with Crippen molar-refractivity contribution in [3.63, 3.8) is 0 Å². The highest BCUT2D eigenvalue weighted by atomic mass is 32.1. The van der Waals surface area contributed by atoms with Gasteiger partial charge in [0.2, 0.25) is 5.91 Å². The van der Waals surface area contributed by atoms with E-state index in [0.29, 0.717) is 24.4 Å². The van der Waals surface area contributed by atoms with Crippen molar-refractivity contribution in [2.24, 2.45) is 0 Å². The number of rotatable bonds is 7. The standard InChI is InChI=1S/C25H25FN2O3S/c1-2-27(25(30)18-7-4-3-5-8-18)16-24(29)28-13-11-23-21(12-14-32-23)22(28)17-31-20-10-6-9-19(26)15-20/h3-10,12,14-15,22H,2,11,13,16-17H2,1H3/t22-/m1/s1. The molecule has 3 aromatic rings. The second-order valence-electron chi connectivity index (χ2n) is 7.61. The van der Waals surface area contributed by atoms with Crippen molar-refractivity contribution >= 4 is 23.2 Å². The van der Waals surface area contributed by atoms with Gasteiger partial charge in [-0.2, -0.15) is 0 Å². The van der Waals surface area contributed by atoms with Crippen molar-refractivity contribution in [1.29, 1.82) is 0 Å². The van der Waals surface area contributed by atoms with Crippen LogP contribution in [0.1, 0.15) is 33.8 Å². The Morgan fingerprint density at radius 1 is 1.16 bits per heavy atom. The Hall–Kier alpha value is -3.19. The lowest BCUT2D eigenvalue weighted by Crippen LogP contribution is -2.47. The second kappa shape index (κ2) is 9.96. The van der Waals surface area contributed by atoms with Gasteiger partial charge in [0.25, 0.3) is 5.91 Å². The Balaban J connectivity index is 1.50. The van der Waals surface area contributed by atoms with Crippen LogP contribution in [0.2, 0.25) is 0 Å². The summed E-state index contributed by atoms with van der Waals surface area (Å²) in [6.07, 6.45) is 0.772. The van der Waals surface area contributed by atoms with Gasteiger partial charge in [0.15, 0.2) is 0 Å². The molecular weight excluding hydrogens is 427 g/mol. The molecule has 1 atom stereocenters. The molecule has 0 radical (unpaired) electrons. The number of hydrogen-bond donors (Lipinski definition) is 0. The van der Waals surface area contributed by atoms with Crippen LogP contribution in [0.5, 0.6) is 5.75 Å². The summed E-state index contributed by atoms with van der Waals surface area (Å²) < 4.78 is 19.4. The summed E-state index contributed by atoms with van der Waals surface area (Å²) in [6.45, 7) is 3.08. The number of ether oxygens (including phenoxy) is 1. The van der Waals surface area contributed by atoms with Gasteiger partial charge >= 0.3 is 0 Å². The summed E-state index contributed by atoms with van der Waals surface area (Å²) in [4.78, 5) is 30.8. The molecule has 1 aromatic heterocycles. The molecular formula is C25H25FN2O3S. The maximum absolute atomic E-state index is 13.5. The molecule has 0 aliphatic carbocycles. The fourth-order valence-electron chi connectivity index (χ4n) is 3.95. The van der Waals surface area contributed by atoms with Crippen molar-refractivity contribution in [2.45, 2.75) is 19.4 Å². The van der Waals surface area contributed by atoms with Gasteiger partial charge in [-0.3, -0.25) is 9.59 Å². The number of likely N-dealkylation sites (N-methyl/N-ethyl adjacent to an activating group) is 1. The van der Waals surface area contributed by atoms with Crippen LogP contribution in [0.25, 0.3) is 0 Å². The highest BCUT2D eigenvalue weighted by Crippen LogP contribution is 2.34. The molecule has 2 heterocycles. The number of thiophene rings is 1. The molecule has 166 valence electrons. The first kappa shape index (κ1) is 22.0. The normalized spacial score (nSPS) is 15.2.